The minimum Gasteiger partial charge on any atom is -0.377 e. The predicted molar refractivity (Wildman–Crippen MR) is 83.5 cm³/mol. The van der Waals surface area contributed by atoms with Crippen molar-refractivity contribution in [1.29, 1.82) is 0 Å². The highest BCUT2D eigenvalue weighted by atomic mass is 32.2. The summed E-state index contributed by atoms with van der Waals surface area (Å²) in [7, 11) is 0. The highest BCUT2D eigenvalue weighted by molar-refractivity contribution is 8.01. The summed E-state index contributed by atoms with van der Waals surface area (Å²) in [6, 6.07) is 0. The Balaban J connectivity index is 1.27. The zero-order valence-corrected chi connectivity index (χ0v) is 13.7. The average molecular weight is 308 g/mol. The molecule has 1 atom stereocenters. The van der Waals surface area contributed by atoms with Gasteiger partial charge in [0.05, 0.1) is 11.8 Å². The molecule has 1 unspecified atom stereocenters. The molecular formula is C16H24N2O2S. The van der Waals surface area contributed by atoms with Gasteiger partial charge in [-0.25, -0.2) is 0 Å². The molecule has 0 radical (unpaired) electrons. The summed E-state index contributed by atoms with van der Waals surface area (Å²) in [4.78, 5) is 2.52. The number of aryl methyl sites for hydroxylation is 2. The maximum absolute atomic E-state index is 6.07. The van der Waals surface area contributed by atoms with Crippen LogP contribution in [0.1, 0.15) is 36.3 Å². The summed E-state index contributed by atoms with van der Waals surface area (Å²) in [5, 5.41) is 4.05. The summed E-state index contributed by atoms with van der Waals surface area (Å²) < 4.78 is 11.8. The number of likely N-dealkylation sites (tertiary alicyclic amines) is 1. The van der Waals surface area contributed by atoms with E-state index in [0.29, 0.717) is 10.9 Å². The first-order chi connectivity index (χ1) is 10.1. The van der Waals surface area contributed by atoms with Gasteiger partial charge in [0.25, 0.3) is 0 Å². The predicted octanol–water partition coefficient (Wildman–Crippen LogP) is 2.78. The lowest BCUT2D eigenvalue weighted by Gasteiger charge is -2.47. The molecular weight excluding hydrogens is 284 g/mol. The van der Waals surface area contributed by atoms with Crippen LogP contribution in [-0.2, 0) is 11.3 Å². The van der Waals surface area contributed by atoms with Gasteiger partial charge in [0, 0.05) is 42.3 Å². The minimum atomic E-state index is 0.465. The van der Waals surface area contributed by atoms with Crippen LogP contribution in [0.3, 0.4) is 0 Å². The molecule has 1 aromatic heterocycles. The molecule has 4 nitrogen and oxygen atoms in total. The average Bonchev–Trinajstić information content (AvgIpc) is 3.09. The molecule has 1 spiro atoms. The van der Waals surface area contributed by atoms with E-state index in [1.807, 2.05) is 13.8 Å². The Morgan fingerprint density at radius 2 is 2.19 bits per heavy atom. The monoisotopic (exact) mass is 308 g/mol. The van der Waals surface area contributed by atoms with Gasteiger partial charge in [-0.3, -0.25) is 4.90 Å². The van der Waals surface area contributed by atoms with E-state index in [-0.39, 0.29) is 0 Å². The van der Waals surface area contributed by atoms with Crippen LogP contribution in [0.15, 0.2) is 4.52 Å². The number of rotatable bonds is 5. The lowest BCUT2D eigenvalue weighted by molar-refractivity contribution is 0.0304. The molecule has 0 amide bonds. The number of hydrogen-bond acceptors (Lipinski definition) is 5. The van der Waals surface area contributed by atoms with Gasteiger partial charge in [-0.15, -0.1) is 11.8 Å². The van der Waals surface area contributed by atoms with Crippen molar-refractivity contribution < 1.29 is 9.26 Å². The number of thioether (sulfide) groups is 1. The second-order valence-corrected chi connectivity index (χ2v) is 8.53. The lowest BCUT2D eigenvalue weighted by Crippen LogP contribution is -2.58. The molecule has 116 valence electrons. The lowest BCUT2D eigenvalue weighted by atomic mass is 9.92. The Morgan fingerprint density at radius 1 is 1.38 bits per heavy atom. The van der Waals surface area contributed by atoms with E-state index < -0.39 is 0 Å². The summed E-state index contributed by atoms with van der Waals surface area (Å²) in [6.07, 6.45) is 4.51. The molecule has 2 aliphatic heterocycles. The van der Waals surface area contributed by atoms with Gasteiger partial charge in [0.2, 0.25) is 0 Å². The summed E-state index contributed by atoms with van der Waals surface area (Å²) in [5.41, 5.74) is 2.31. The van der Waals surface area contributed by atoms with E-state index in [4.69, 9.17) is 9.26 Å². The largest absolute Gasteiger partial charge is 0.377 e. The van der Waals surface area contributed by atoms with Crippen molar-refractivity contribution in [2.24, 2.45) is 5.92 Å². The highest BCUT2D eigenvalue weighted by Crippen LogP contribution is 2.47. The second kappa shape index (κ2) is 5.28. The molecule has 0 aromatic carbocycles. The number of aromatic nitrogens is 1. The molecule has 0 N–H and O–H groups in total. The summed E-state index contributed by atoms with van der Waals surface area (Å²) in [5.74, 6) is 3.04. The molecule has 3 fully saturated rings. The van der Waals surface area contributed by atoms with Crippen molar-refractivity contribution >= 4 is 11.8 Å². The van der Waals surface area contributed by atoms with Gasteiger partial charge in [0.1, 0.15) is 5.76 Å². The molecule has 1 aliphatic carbocycles. The zero-order valence-electron chi connectivity index (χ0n) is 12.9. The van der Waals surface area contributed by atoms with Crippen LogP contribution >= 0.6 is 11.8 Å². The molecule has 1 aromatic rings. The van der Waals surface area contributed by atoms with Gasteiger partial charge >= 0.3 is 0 Å². The van der Waals surface area contributed by atoms with Crippen molar-refractivity contribution in [2.45, 2.75) is 50.5 Å². The smallest absolute Gasteiger partial charge is 0.138 e. The Morgan fingerprint density at radius 3 is 2.86 bits per heavy atom. The Kier molecular flexibility index (Phi) is 3.55. The fourth-order valence-corrected chi connectivity index (χ4v) is 5.12. The van der Waals surface area contributed by atoms with E-state index in [2.05, 4.69) is 21.8 Å². The van der Waals surface area contributed by atoms with Gasteiger partial charge in [-0.1, -0.05) is 5.16 Å². The Bertz CT molecular complexity index is 501. The molecule has 2 saturated heterocycles. The number of hydrogen-bond donors (Lipinski definition) is 0. The third-order valence-electron chi connectivity index (χ3n) is 5.03. The molecule has 21 heavy (non-hydrogen) atoms. The first kappa shape index (κ1) is 14.1. The van der Waals surface area contributed by atoms with Crippen LogP contribution < -0.4 is 0 Å². The van der Waals surface area contributed by atoms with Crippen LogP contribution in [0.2, 0.25) is 0 Å². The first-order valence-corrected chi connectivity index (χ1v) is 9.02. The van der Waals surface area contributed by atoms with Crippen molar-refractivity contribution in [3.8, 4) is 0 Å². The van der Waals surface area contributed by atoms with Crippen LogP contribution in [-0.4, -0.2) is 46.4 Å². The fraction of sp³-hybridized carbons (Fsp3) is 0.812. The Labute approximate surface area is 130 Å². The molecule has 1 saturated carbocycles. The maximum Gasteiger partial charge on any atom is 0.138 e. The highest BCUT2D eigenvalue weighted by Gasteiger charge is 2.49. The van der Waals surface area contributed by atoms with Crippen molar-refractivity contribution in [3.63, 3.8) is 0 Å². The normalized spacial score (nSPS) is 28.2. The third-order valence-corrected chi connectivity index (χ3v) is 6.60. The van der Waals surface area contributed by atoms with Crippen molar-refractivity contribution in [3.05, 3.63) is 17.0 Å². The van der Waals surface area contributed by atoms with E-state index in [1.165, 1.54) is 43.7 Å². The number of ether oxygens (including phenoxy) is 1. The molecule has 4 rings (SSSR count). The van der Waals surface area contributed by atoms with E-state index in [1.54, 1.807) is 0 Å². The van der Waals surface area contributed by atoms with Crippen LogP contribution in [0, 0.1) is 19.8 Å². The third kappa shape index (κ3) is 2.88. The maximum atomic E-state index is 6.07. The van der Waals surface area contributed by atoms with Crippen LogP contribution in [0.25, 0.3) is 0 Å². The van der Waals surface area contributed by atoms with Gasteiger partial charge < -0.3 is 9.26 Å². The van der Waals surface area contributed by atoms with Gasteiger partial charge in [0.15, 0.2) is 0 Å². The fourth-order valence-electron chi connectivity index (χ4n) is 3.52. The summed E-state index contributed by atoms with van der Waals surface area (Å²) in [6.45, 7) is 8.40. The Hall–Kier alpha value is -0.520. The van der Waals surface area contributed by atoms with Crippen molar-refractivity contribution in [2.75, 3.05) is 25.4 Å². The van der Waals surface area contributed by atoms with E-state index in [9.17, 15) is 0 Å². The summed E-state index contributed by atoms with van der Waals surface area (Å²) >= 11 is 2.13. The standard InChI is InChI=1S/C16H24N2O2S/c1-11-15(12(2)20-17-11)6-18-9-16(10-18)5-14(8-21-16)19-7-13-3-4-13/h13-14H,3-10H2,1-2H3. The zero-order chi connectivity index (χ0) is 14.4. The molecule has 0 bridgehead atoms. The quantitative estimate of drug-likeness (QED) is 0.836. The van der Waals surface area contributed by atoms with Crippen LogP contribution in [0.5, 0.6) is 0 Å². The van der Waals surface area contributed by atoms with E-state index >= 15 is 0 Å². The van der Waals surface area contributed by atoms with Gasteiger partial charge in [-0.2, -0.15) is 0 Å². The topological polar surface area (TPSA) is 38.5 Å². The van der Waals surface area contributed by atoms with Crippen molar-refractivity contribution in [1.82, 2.24) is 10.1 Å². The molecule has 3 aliphatic rings. The van der Waals surface area contributed by atoms with E-state index in [0.717, 1.165) is 30.5 Å². The SMILES string of the molecule is Cc1noc(C)c1CN1CC2(CC(OCC3CC3)CS2)C1. The minimum absolute atomic E-state index is 0.465. The van der Waals surface area contributed by atoms with Crippen LogP contribution in [0.4, 0.5) is 0 Å². The molecule has 3 heterocycles. The molecule has 5 heteroatoms. The number of nitrogens with zero attached hydrogens (tertiary/aromatic N) is 2. The first-order valence-electron chi connectivity index (χ1n) is 8.03. The van der Waals surface area contributed by atoms with Gasteiger partial charge in [-0.05, 0) is 39.0 Å². The second-order valence-electron chi connectivity index (χ2n) is 7.04.